The number of anilines is 1. The zero-order chi connectivity index (χ0) is 17.8. The first-order valence-corrected chi connectivity index (χ1v) is 8.88. The molecule has 0 bridgehead atoms. The highest BCUT2D eigenvalue weighted by Gasteiger charge is 2.41. The highest BCUT2D eigenvalue weighted by molar-refractivity contribution is 7.92. The van der Waals surface area contributed by atoms with Crippen LogP contribution in [-0.2, 0) is 22.7 Å². The third-order valence-corrected chi connectivity index (χ3v) is 5.98. The van der Waals surface area contributed by atoms with Gasteiger partial charge >= 0.3 is 6.18 Å². The fourth-order valence-corrected chi connectivity index (χ4v) is 4.66. The predicted molar refractivity (Wildman–Crippen MR) is 85.7 cm³/mol. The highest BCUT2D eigenvalue weighted by Crippen LogP contribution is 2.37. The summed E-state index contributed by atoms with van der Waals surface area (Å²) in [5.74, 6) is 0.137. The summed E-state index contributed by atoms with van der Waals surface area (Å²) < 4.78 is 68.1. The minimum absolute atomic E-state index is 0.0433. The minimum Gasteiger partial charge on any atom is -0.307 e. The molecule has 4 rings (SSSR count). The molecule has 2 aromatic carbocycles. The summed E-state index contributed by atoms with van der Waals surface area (Å²) in [6, 6.07) is 11.3. The Morgan fingerprint density at radius 1 is 0.960 bits per heavy atom. The van der Waals surface area contributed by atoms with E-state index in [0.29, 0.717) is 12.1 Å². The molecule has 0 amide bonds. The summed E-state index contributed by atoms with van der Waals surface area (Å²) in [7, 11) is -4.38. The van der Waals surface area contributed by atoms with Crippen LogP contribution >= 0.6 is 0 Å². The molecule has 0 saturated heterocycles. The first-order chi connectivity index (χ1) is 11.8. The first kappa shape index (κ1) is 15.9. The molecular formula is C16H12F3N3O2S. The van der Waals surface area contributed by atoms with Gasteiger partial charge in [-0.1, -0.05) is 24.3 Å². The molecule has 2 heterocycles. The molecule has 25 heavy (non-hydrogen) atoms. The largest absolute Gasteiger partial charge is 0.417 e. The van der Waals surface area contributed by atoms with E-state index < -0.39 is 26.7 Å². The van der Waals surface area contributed by atoms with Crippen LogP contribution in [0.4, 0.5) is 19.1 Å². The lowest BCUT2D eigenvalue weighted by Gasteiger charge is -2.19. The molecule has 9 heteroatoms. The molecule has 0 saturated carbocycles. The number of aromatic nitrogens is 2. The van der Waals surface area contributed by atoms with E-state index in [1.807, 2.05) is 0 Å². The Bertz CT molecular complexity index is 1070. The first-order valence-electron chi connectivity index (χ1n) is 7.44. The zero-order valence-electron chi connectivity index (χ0n) is 12.7. The van der Waals surface area contributed by atoms with E-state index in [9.17, 15) is 21.6 Å². The van der Waals surface area contributed by atoms with Crippen molar-refractivity contribution in [3.8, 4) is 0 Å². The molecule has 3 aromatic rings. The normalized spacial score (nSPS) is 14.9. The molecule has 0 N–H and O–H groups in total. The van der Waals surface area contributed by atoms with Gasteiger partial charge in [0.15, 0.2) is 0 Å². The van der Waals surface area contributed by atoms with Crippen molar-refractivity contribution < 1.29 is 21.6 Å². The van der Waals surface area contributed by atoms with Gasteiger partial charge in [0.25, 0.3) is 10.0 Å². The molecule has 1 aromatic heterocycles. The Balaban J connectivity index is 1.88. The maximum Gasteiger partial charge on any atom is 0.417 e. The van der Waals surface area contributed by atoms with Crippen molar-refractivity contribution in [2.45, 2.75) is 17.6 Å². The molecule has 0 atom stereocenters. The zero-order valence-corrected chi connectivity index (χ0v) is 13.5. The molecule has 130 valence electrons. The molecule has 1 aliphatic rings. The number of sulfonamides is 1. The van der Waals surface area contributed by atoms with Crippen LogP contribution in [0, 0.1) is 0 Å². The number of para-hydroxylation sites is 2. The standard InChI is InChI=1S/C16H12F3N3O2S/c17-16(18,19)11-5-1-4-8-14(11)25(23,24)22-10-9-21-13-7-3-2-6-12(13)20-15(21)22/h1-8H,9-10H2. The Hall–Kier alpha value is -2.55. The number of imidazole rings is 1. The monoisotopic (exact) mass is 367 g/mol. The lowest BCUT2D eigenvalue weighted by molar-refractivity contribution is -0.139. The van der Waals surface area contributed by atoms with Crippen LogP contribution in [0.15, 0.2) is 53.4 Å². The number of hydrogen-bond acceptors (Lipinski definition) is 3. The van der Waals surface area contributed by atoms with Gasteiger partial charge in [-0.05, 0) is 24.3 Å². The Morgan fingerprint density at radius 3 is 2.40 bits per heavy atom. The molecule has 1 aliphatic heterocycles. The smallest absolute Gasteiger partial charge is 0.307 e. The van der Waals surface area contributed by atoms with Gasteiger partial charge in [-0.3, -0.25) is 0 Å². The van der Waals surface area contributed by atoms with Gasteiger partial charge in [0.1, 0.15) is 0 Å². The van der Waals surface area contributed by atoms with Crippen LogP contribution in [0.25, 0.3) is 11.0 Å². The molecule has 0 unspecified atom stereocenters. The summed E-state index contributed by atoms with van der Waals surface area (Å²) >= 11 is 0. The average molecular weight is 367 g/mol. The van der Waals surface area contributed by atoms with E-state index in [-0.39, 0.29) is 12.5 Å². The number of alkyl halides is 3. The van der Waals surface area contributed by atoms with Crippen LogP contribution < -0.4 is 4.31 Å². The Labute approximate surface area is 141 Å². The van der Waals surface area contributed by atoms with E-state index in [1.54, 1.807) is 28.8 Å². The van der Waals surface area contributed by atoms with E-state index >= 15 is 0 Å². The summed E-state index contributed by atoms with van der Waals surface area (Å²) in [5, 5.41) is 0. The number of halogens is 3. The Morgan fingerprint density at radius 2 is 1.64 bits per heavy atom. The van der Waals surface area contributed by atoms with Crippen LogP contribution in [0.5, 0.6) is 0 Å². The minimum atomic E-state index is -4.76. The van der Waals surface area contributed by atoms with Gasteiger partial charge in [0.05, 0.1) is 28.0 Å². The molecule has 0 fully saturated rings. The van der Waals surface area contributed by atoms with Gasteiger partial charge in [-0.15, -0.1) is 0 Å². The predicted octanol–water partition coefficient (Wildman–Crippen LogP) is 3.26. The number of nitrogens with zero attached hydrogens (tertiary/aromatic N) is 3. The lowest BCUT2D eigenvalue weighted by atomic mass is 10.2. The van der Waals surface area contributed by atoms with Crippen LogP contribution in [0.3, 0.4) is 0 Å². The summed E-state index contributed by atoms with van der Waals surface area (Å²) in [6.45, 7) is 0.380. The fourth-order valence-electron chi connectivity index (χ4n) is 3.04. The van der Waals surface area contributed by atoms with Crippen molar-refractivity contribution in [2.24, 2.45) is 0 Å². The van der Waals surface area contributed by atoms with Gasteiger partial charge < -0.3 is 4.57 Å². The van der Waals surface area contributed by atoms with Crippen LogP contribution in [-0.4, -0.2) is 24.5 Å². The molecule has 0 radical (unpaired) electrons. The van der Waals surface area contributed by atoms with Crippen molar-refractivity contribution in [1.29, 1.82) is 0 Å². The van der Waals surface area contributed by atoms with E-state index in [1.165, 1.54) is 12.1 Å². The van der Waals surface area contributed by atoms with Crippen LogP contribution in [0.1, 0.15) is 5.56 Å². The Kier molecular flexibility index (Phi) is 3.33. The average Bonchev–Trinajstić information content (AvgIpc) is 3.13. The third kappa shape index (κ3) is 2.38. The maximum atomic E-state index is 13.2. The molecule has 5 nitrogen and oxygen atoms in total. The van der Waals surface area contributed by atoms with E-state index in [2.05, 4.69) is 4.98 Å². The van der Waals surface area contributed by atoms with E-state index in [4.69, 9.17) is 0 Å². The molecule has 0 spiro atoms. The third-order valence-electron chi connectivity index (χ3n) is 4.14. The molecular weight excluding hydrogens is 355 g/mol. The van der Waals surface area contributed by atoms with Gasteiger partial charge in [0, 0.05) is 6.54 Å². The SMILES string of the molecule is O=S(=O)(c1ccccc1C(F)(F)F)N1CCn2c1nc1ccccc12. The topological polar surface area (TPSA) is 55.2 Å². The lowest BCUT2D eigenvalue weighted by Crippen LogP contribution is -2.31. The molecule has 0 aliphatic carbocycles. The summed E-state index contributed by atoms with van der Waals surface area (Å²) in [5.41, 5.74) is 0.172. The number of fused-ring (bicyclic) bond motifs is 3. The number of hydrogen-bond donors (Lipinski definition) is 0. The van der Waals surface area contributed by atoms with Gasteiger partial charge in [0.2, 0.25) is 5.95 Å². The number of rotatable bonds is 2. The summed E-state index contributed by atoms with van der Waals surface area (Å²) in [6.07, 6.45) is -4.76. The van der Waals surface area contributed by atoms with Crippen molar-refractivity contribution in [1.82, 2.24) is 9.55 Å². The van der Waals surface area contributed by atoms with Gasteiger partial charge in [-0.25, -0.2) is 17.7 Å². The number of benzene rings is 2. The maximum absolute atomic E-state index is 13.2. The van der Waals surface area contributed by atoms with Crippen molar-refractivity contribution >= 4 is 27.0 Å². The van der Waals surface area contributed by atoms with Crippen molar-refractivity contribution in [3.63, 3.8) is 0 Å². The quantitative estimate of drug-likeness (QED) is 0.699. The summed E-state index contributed by atoms with van der Waals surface area (Å²) in [4.78, 5) is 3.53. The highest BCUT2D eigenvalue weighted by atomic mass is 32.2. The second kappa shape index (κ2) is 5.22. The van der Waals surface area contributed by atoms with Crippen molar-refractivity contribution in [3.05, 3.63) is 54.1 Å². The van der Waals surface area contributed by atoms with E-state index in [0.717, 1.165) is 22.0 Å². The fraction of sp³-hybridized carbons (Fsp3) is 0.188. The second-order valence-corrected chi connectivity index (χ2v) is 7.45. The second-order valence-electron chi connectivity index (χ2n) is 5.62. The van der Waals surface area contributed by atoms with Crippen molar-refractivity contribution in [2.75, 3.05) is 10.8 Å². The van der Waals surface area contributed by atoms with Crippen LogP contribution in [0.2, 0.25) is 0 Å². The van der Waals surface area contributed by atoms with Gasteiger partial charge in [-0.2, -0.15) is 13.2 Å².